The number of H-pyrrole nitrogens is 1. The third-order valence-corrected chi connectivity index (χ3v) is 5.36. The summed E-state index contributed by atoms with van der Waals surface area (Å²) in [6.45, 7) is 3.75. The fourth-order valence-electron chi connectivity index (χ4n) is 4.07. The van der Waals surface area contributed by atoms with E-state index in [1.165, 1.54) is 6.07 Å². The fourth-order valence-corrected chi connectivity index (χ4v) is 4.07. The third kappa shape index (κ3) is 3.26. The number of β-amino-alcohol motifs (C(OH)–C–C–N with tert-alkyl or cyclic N) is 1. The molecule has 4 rings (SSSR count). The van der Waals surface area contributed by atoms with Crippen molar-refractivity contribution in [3.05, 3.63) is 41.5 Å². The van der Waals surface area contributed by atoms with Crippen molar-refractivity contribution in [3.8, 4) is 0 Å². The van der Waals surface area contributed by atoms with Crippen molar-refractivity contribution in [2.45, 2.75) is 37.8 Å². The molecule has 0 radical (unpaired) electrons. The minimum absolute atomic E-state index is 0.167. The molecule has 1 aromatic heterocycles. The second-order valence-corrected chi connectivity index (χ2v) is 7.13. The minimum Gasteiger partial charge on any atom is -0.382 e. The number of aliphatic hydroxyl groups is 1. The number of aromatic amines is 1. The molecule has 0 spiro atoms. The van der Waals surface area contributed by atoms with E-state index in [4.69, 9.17) is 0 Å². The van der Waals surface area contributed by atoms with Gasteiger partial charge in [-0.15, -0.1) is 0 Å². The first-order valence-electron chi connectivity index (χ1n) is 8.99. The Morgan fingerprint density at radius 3 is 2.80 bits per heavy atom. The summed E-state index contributed by atoms with van der Waals surface area (Å²) in [4.78, 5) is 4.39. The number of rotatable bonds is 4. The van der Waals surface area contributed by atoms with E-state index in [-0.39, 0.29) is 5.82 Å². The Bertz CT molecular complexity index is 716. The third-order valence-electron chi connectivity index (χ3n) is 5.36. The summed E-state index contributed by atoms with van der Waals surface area (Å²) >= 11 is 0. The van der Waals surface area contributed by atoms with E-state index in [0.29, 0.717) is 25.2 Å². The van der Waals surface area contributed by atoms with Gasteiger partial charge in [0.15, 0.2) is 0 Å². The molecule has 2 fully saturated rings. The molecule has 1 atom stereocenters. The quantitative estimate of drug-likeness (QED) is 0.887. The maximum absolute atomic E-state index is 14.6. The molecule has 2 aliphatic heterocycles. The molecule has 0 aliphatic carbocycles. The molecule has 2 saturated heterocycles. The largest absolute Gasteiger partial charge is 0.382 e. The van der Waals surface area contributed by atoms with Gasteiger partial charge in [0.25, 0.3) is 0 Å². The Hall–Kier alpha value is -1.99. The summed E-state index contributed by atoms with van der Waals surface area (Å²) in [6, 6.07) is 5.33. The van der Waals surface area contributed by atoms with Gasteiger partial charge in [0, 0.05) is 37.4 Å². The van der Waals surface area contributed by atoms with Crippen LogP contribution in [0.5, 0.6) is 0 Å². The van der Waals surface area contributed by atoms with Crippen molar-refractivity contribution in [1.29, 1.82) is 0 Å². The van der Waals surface area contributed by atoms with E-state index in [0.717, 1.165) is 50.1 Å². The van der Waals surface area contributed by atoms with Crippen LogP contribution in [0.15, 0.2) is 24.4 Å². The summed E-state index contributed by atoms with van der Waals surface area (Å²) < 4.78 is 14.6. The van der Waals surface area contributed by atoms with Crippen LogP contribution in [0.3, 0.4) is 0 Å². The summed E-state index contributed by atoms with van der Waals surface area (Å²) in [6.07, 6.45) is 5.38. The molecule has 25 heavy (non-hydrogen) atoms. The summed E-state index contributed by atoms with van der Waals surface area (Å²) in [5, 5.41) is 21.4. The van der Waals surface area contributed by atoms with Crippen molar-refractivity contribution in [2.75, 3.05) is 31.1 Å². The molecule has 0 saturated carbocycles. The molecular formula is C18H24FN5O. The van der Waals surface area contributed by atoms with Crippen LogP contribution in [-0.4, -0.2) is 51.6 Å². The van der Waals surface area contributed by atoms with Crippen molar-refractivity contribution in [1.82, 2.24) is 20.3 Å². The molecule has 2 aromatic rings. The summed E-state index contributed by atoms with van der Waals surface area (Å²) in [5.74, 6) is -0.167. The number of piperidine rings is 1. The maximum Gasteiger partial charge on any atom is 0.129 e. The highest BCUT2D eigenvalue weighted by atomic mass is 19.1. The zero-order valence-electron chi connectivity index (χ0n) is 14.3. The predicted octanol–water partition coefficient (Wildman–Crippen LogP) is 2.03. The van der Waals surface area contributed by atoms with Crippen LogP contribution in [0.4, 0.5) is 10.1 Å². The molecule has 3 heterocycles. The lowest BCUT2D eigenvalue weighted by atomic mass is 9.89. The van der Waals surface area contributed by atoms with Crippen LogP contribution >= 0.6 is 0 Å². The van der Waals surface area contributed by atoms with Gasteiger partial charge in [-0.05, 0) is 44.4 Å². The molecule has 1 aromatic carbocycles. The summed E-state index contributed by atoms with van der Waals surface area (Å²) in [7, 11) is 0. The highest BCUT2D eigenvalue weighted by Crippen LogP contribution is 2.33. The van der Waals surface area contributed by atoms with Gasteiger partial charge in [0.05, 0.1) is 6.20 Å². The number of aromatic nitrogens is 3. The first-order valence-corrected chi connectivity index (χ1v) is 8.99. The van der Waals surface area contributed by atoms with Crippen molar-refractivity contribution < 1.29 is 9.50 Å². The van der Waals surface area contributed by atoms with Crippen LogP contribution in [0.25, 0.3) is 0 Å². The van der Waals surface area contributed by atoms with Gasteiger partial charge in [0.2, 0.25) is 0 Å². The van der Waals surface area contributed by atoms with Gasteiger partial charge in [-0.1, -0.05) is 6.07 Å². The van der Waals surface area contributed by atoms with Gasteiger partial charge >= 0.3 is 0 Å². The van der Waals surface area contributed by atoms with Crippen LogP contribution in [0.1, 0.15) is 36.9 Å². The molecule has 2 aliphatic rings. The Kier molecular flexibility index (Phi) is 4.43. The highest BCUT2D eigenvalue weighted by molar-refractivity contribution is 5.54. The second kappa shape index (κ2) is 6.72. The van der Waals surface area contributed by atoms with Crippen LogP contribution < -0.4 is 4.90 Å². The fraction of sp³-hybridized carbons (Fsp3) is 0.556. The average molecular weight is 345 g/mol. The molecule has 6 nitrogen and oxygen atoms in total. The van der Waals surface area contributed by atoms with Gasteiger partial charge < -0.3 is 10.0 Å². The lowest BCUT2D eigenvalue weighted by molar-refractivity contribution is -0.0416. The van der Waals surface area contributed by atoms with E-state index in [1.807, 2.05) is 6.07 Å². The number of halogens is 1. The lowest BCUT2D eigenvalue weighted by Gasteiger charge is -2.38. The zero-order chi connectivity index (χ0) is 17.3. The first-order chi connectivity index (χ1) is 12.2. The Balaban J connectivity index is 1.56. The zero-order valence-corrected chi connectivity index (χ0v) is 14.3. The molecule has 1 unspecified atom stereocenters. The van der Waals surface area contributed by atoms with E-state index in [2.05, 4.69) is 25.2 Å². The molecule has 0 amide bonds. The Labute approximate surface area is 146 Å². The van der Waals surface area contributed by atoms with Crippen LogP contribution in [-0.2, 0) is 12.1 Å². The van der Waals surface area contributed by atoms with Gasteiger partial charge in [-0.25, -0.2) is 4.39 Å². The number of nitrogens with zero attached hydrogens (tertiary/aromatic N) is 4. The molecule has 0 bridgehead atoms. The monoisotopic (exact) mass is 345 g/mol. The SMILES string of the molecule is OC1(c2cn[nH]n2)CCCN(Cc2c(F)cccc2N2CCCC2)C1. The summed E-state index contributed by atoms with van der Waals surface area (Å²) in [5.41, 5.74) is 1.26. The number of benzene rings is 1. The van der Waals surface area contributed by atoms with Gasteiger partial charge in [0.1, 0.15) is 17.1 Å². The Morgan fingerprint density at radius 2 is 2.04 bits per heavy atom. The topological polar surface area (TPSA) is 68.3 Å². The second-order valence-electron chi connectivity index (χ2n) is 7.13. The van der Waals surface area contributed by atoms with E-state index in [9.17, 15) is 9.50 Å². The van der Waals surface area contributed by atoms with Crippen LogP contribution in [0.2, 0.25) is 0 Å². The lowest BCUT2D eigenvalue weighted by Crippen LogP contribution is -2.46. The number of hydrogen-bond acceptors (Lipinski definition) is 5. The smallest absolute Gasteiger partial charge is 0.129 e. The predicted molar refractivity (Wildman–Crippen MR) is 92.6 cm³/mol. The molecular weight excluding hydrogens is 321 g/mol. The van der Waals surface area contributed by atoms with E-state index >= 15 is 0 Å². The average Bonchev–Trinajstić information content (AvgIpc) is 3.31. The molecule has 134 valence electrons. The van der Waals surface area contributed by atoms with Crippen molar-refractivity contribution in [3.63, 3.8) is 0 Å². The number of nitrogens with one attached hydrogen (secondary N) is 1. The van der Waals surface area contributed by atoms with Crippen LogP contribution in [0, 0.1) is 5.82 Å². The van der Waals surface area contributed by atoms with Crippen molar-refractivity contribution >= 4 is 5.69 Å². The number of anilines is 1. The number of hydrogen-bond donors (Lipinski definition) is 2. The first kappa shape index (κ1) is 16.5. The van der Waals surface area contributed by atoms with Gasteiger partial charge in [-0.2, -0.15) is 15.4 Å². The van der Waals surface area contributed by atoms with E-state index < -0.39 is 5.60 Å². The Morgan fingerprint density at radius 1 is 1.20 bits per heavy atom. The maximum atomic E-state index is 14.6. The standard InChI is InChI=1S/C18H24FN5O/c19-15-5-3-6-16(24-9-1-2-10-24)14(15)12-23-8-4-7-18(25,13-23)17-11-20-22-21-17/h3,5-6,11,25H,1-2,4,7-10,12-13H2,(H,20,21,22). The van der Waals surface area contributed by atoms with Crippen molar-refractivity contribution in [2.24, 2.45) is 0 Å². The minimum atomic E-state index is -1.02. The molecule has 7 heteroatoms. The molecule has 2 N–H and O–H groups in total. The van der Waals surface area contributed by atoms with Gasteiger partial charge in [-0.3, -0.25) is 4.90 Å². The number of likely N-dealkylation sites (tertiary alicyclic amines) is 1. The highest BCUT2D eigenvalue weighted by Gasteiger charge is 2.37. The normalized spacial score (nSPS) is 24.8. The van der Waals surface area contributed by atoms with E-state index in [1.54, 1.807) is 12.3 Å².